The predicted molar refractivity (Wildman–Crippen MR) is 79.4 cm³/mol. The zero-order valence-electron chi connectivity index (χ0n) is 11.8. The van der Waals surface area contributed by atoms with Crippen LogP contribution >= 0.6 is 0 Å². The first-order chi connectivity index (χ1) is 10.1. The maximum Gasteiger partial charge on any atom is 0.304 e. The summed E-state index contributed by atoms with van der Waals surface area (Å²) in [6, 6.07) is 12.2. The maximum absolute atomic E-state index is 13.5. The molecule has 0 saturated carbocycles. The Morgan fingerprint density at radius 2 is 1.62 bits per heavy atom. The van der Waals surface area contributed by atoms with E-state index in [1.165, 1.54) is 17.7 Å². The van der Waals surface area contributed by atoms with Crippen molar-refractivity contribution in [1.82, 2.24) is 5.32 Å². The molecule has 0 heterocycles. The molecule has 0 aromatic heterocycles. The molecule has 0 bridgehead atoms. The van der Waals surface area contributed by atoms with Crippen LogP contribution in [0.3, 0.4) is 0 Å². The van der Waals surface area contributed by atoms with Gasteiger partial charge in [0.25, 0.3) is 0 Å². The molecule has 21 heavy (non-hydrogen) atoms. The van der Waals surface area contributed by atoms with Crippen LogP contribution in [0.15, 0.2) is 42.5 Å². The van der Waals surface area contributed by atoms with Crippen molar-refractivity contribution in [1.29, 1.82) is 0 Å². The molecule has 0 atom stereocenters. The molecular weight excluding hydrogens is 271 g/mol. The zero-order chi connectivity index (χ0) is 15.2. The molecule has 0 saturated heterocycles. The van der Waals surface area contributed by atoms with E-state index < -0.39 is 16.4 Å². The highest BCUT2D eigenvalue weighted by Crippen LogP contribution is 2.17. The average molecular weight is 288 g/mol. The number of nitro groups is 1. The minimum atomic E-state index is -0.799. The molecule has 0 spiro atoms. The fraction of sp³-hybridized carbons (Fsp3) is 0.250. The van der Waals surface area contributed by atoms with E-state index >= 15 is 0 Å². The SMILES string of the molecule is CCc1ccc(CNCc2ccc([N+](=O)[O-])c(F)c2)cc1. The molecule has 2 aromatic rings. The van der Waals surface area contributed by atoms with Crippen LogP contribution in [0.1, 0.15) is 23.6 Å². The Hall–Kier alpha value is -2.27. The summed E-state index contributed by atoms with van der Waals surface area (Å²) in [6.45, 7) is 3.24. The monoisotopic (exact) mass is 288 g/mol. The summed E-state index contributed by atoms with van der Waals surface area (Å²) in [5.74, 6) is -0.799. The minimum absolute atomic E-state index is 0.463. The number of nitrogens with zero attached hydrogens (tertiary/aromatic N) is 1. The first-order valence-corrected chi connectivity index (χ1v) is 6.81. The summed E-state index contributed by atoms with van der Waals surface area (Å²) in [7, 11) is 0. The van der Waals surface area contributed by atoms with Crippen LogP contribution in [0.4, 0.5) is 10.1 Å². The Morgan fingerprint density at radius 3 is 2.19 bits per heavy atom. The first kappa shape index (κ1) is 15.1. The molecule has 5 heteroatoms. The van der Waals surface area contributed by atoms with E-state index in [1.807, 2.05) is 0 Å². The third-order valence-electron chi connectivity index (χ3n) is 3.30. The van der Waals surface area contributed by atoms with Crippen LogP contribution < -0.4 is 5.32 Å². The van der Waals surface area contributed by atoms with Crippen molar-refractivity contribution >= 4 is 5.69 Å². The Balaban J connectivity index is 1.91. The fourth-order valence-corrected chi connectivity index (χ4v) is 2.05. The quantitative estimate of drug-likeness (QED) is 0.653. The molecule has 1 N–H and O–H groups in total. The van der Waals surface area contributed by atoms with E-state index in [0.29, 0.717) is 18.7 Å². The van der Waals surface area contributed by atoms with Crippen LogP contribution in [0.5, 0.6) is 0 Å². The second-order valence-electron chi connectivity index (χ2n) is 4.82. The summed E-state index contributed by atoms with van der Waals surface area (Å²) in [5.41, 5.74) is 2.63. The summed E-state index contributed by atoms with van der Waals surface area (Å²) in [6.07, 6.45) is 1.01. The molecular formula is C16H17FN2O2. The highest BCUT2D eigenvalue weighted by Gasteiger charge is 2.13. The second-order valence-corrected chi connectivity index (χ2v) is 4.82. The van der Waals surface area contributed by atoms with Crippen molar-refractivity contribution in [3.63, 3.8) is 0 Å². The van der Waals surface area contributed by atoms with Crippen LogP contribution in [-0.2, 0) is 19.5 Å². The van der Waals surface area contributed by atoms with Gasteiger partial charge in [-0.15, -0.1) is 0 Å². The average Bonchev–Trinajstić information content (AvgIpc) is 2.47. The Kier molecular flexibility index (Phi) is 5.00. The number of nitro benzene ring substituents is 1. The van der Waals surface area contributed by atoms with Gasteiger partial charge in [-0.3, -0.25) is 10.1 Å². The number of nitrogens with one attached hydrogen (secondary N) is 1. The van der Waals surface area contributed by atoms with Gasteiger partial charge in [0, 0.05) is 19.2 Å². The molecule has 2 aromatic carbocycles. The van der Waals surface area contributed by atoms with Crippen molar-refractivity contribution in [2.24, 2.45) is 0 Å². The molecule has 0 aliphatic carbocycles. The van der Waals surface area contributed by atoms with Gasteiger partial charge in [-0.05, 0) is 29.2 Å². The van der Waals surface area contributed by atoms with Crippen LogP contribution in [0.2, 0.25) is 0 Å². The Morgan fingerprint density at radius 1 is 1.05 bits per heavy atom. The summed E-state index contributed by atoms with van der Waals surface area (Å²) >= 11 is 0. The Labute approximate surface area is 122 Å². The fourth-order valence-electron chi connectivity index (χ4n) is 2.05. The topological polar surface area (TPSA) is 55.2 Å². The summed E-state index contributed by atoms with van der Waals surface area (Å²) in [5, 5.41) is 13.7. The van der Waals surface area contributed by atoms with E-state index in [2.05, 4.69) is 36.5 Å². The predicted octanol–water partition coefficient (Wildman–Crippen LogP) is 3.59. The van der Waals surface area contributed by atoms with Crippen LogP contribution in [-0.4, -0.2) is 4.92 Å². The van der Waals surface area contributed by atoms with Crippen molar-refractivity contribution < 1.29 is 9.31 Å². The van der Waals surface area contributed by atoms with Crippen molar-refractivity contribution in [2.75, 3.05) is 0 Å². The van der Waals surface area contributed by atoms with Gasteiger partial charge < -0.3 is 5.32 Å². The lowest BCUT2D eigenvalue weighted by Gasteiger charge is -2.06. The molecule has 0 amide bonds. The molecule has 0 aliphatic heterocycles. The number of rotatable bonds is 6. The summed E-state index contributed by atoms with van der Waals surface area (Å²) < 4.78 is 13.5. The lowest BCUT2D eigenvalue weighted by Crippen LogP contribution is -2.13. The number of halogens is 1. The molecule has 0 radical (unpaired) electrons. The van der Waals surface area contributed by atoms with Crippen molar-refractivity contribution in [3.05, 3.63) is 75.1 Å². The van der Waals surface area contributed by atoms with Gasteiger partial charge in [0.1, 0.15) is 0 Å². The Bertz CT molecular complexity index is 627. The molecule has 0 aliphatic rings. The van der Waals surface area contributed by atoms with Gasteiger partial charge in [0.05, 0.1) is 4.92 Å². The van der Waals surface area contributed by atoms with Gasteiger partial charge in [-0.1, -0.05) is 37.3 Å². The lowest BCUT2D eigenvalue weighted by molar-refractivity contribution is -0.387. The number of hydrogen-bond acceptors (Lipinski definition) is 3. The van der Waals surface area contributed by atoms with Crippen molar-refractivity contribution in [3.8, 4) is 0 Å². The minimum Gasteiger partial charge on any atom is -0.309 e. The largest absolute Gasteiger partial charge is 0.309 e. The maximum atomic E-state index is 13.5. The molecule has 2 rings (SSSR count). The number of aryl methyl sites for hydroxylation is 1. The third kappa shape index (κ3) is 4.10. The van der Waals surface area contributed by atoms with Crippen LogP contribution in [0.25, 0.3) is 0 Å². The van der Waals surface area contributed by atoms with E-state index in [9.17, 15) is 14.5 Å². The van der Waals surface area contributed by atoms with Gasteiger partial charge in [0.15, 0.2) is 0 Å². The number of hydrogen-bond donors (Lipinski definition) is 1. The van der Waals surface area contributed by atoms with E-state index in [-0.39, 0.29) is 0 Å². The standard InChI is InChI=1S/C16H17FN2O2/c1-2-12-3-5-13(6-4-12)10-18-11-14-7-8-16(19(20)21)15(17)9-14/h3-9,18H,2,10-11H2,1H3. The molecule has 4 nitrogen and oxygen atoms in total. The van der Waals surface area contributed by atoms with E-state index in [0.717, 1.165) is 12.0 Å². The van der Waals surface area contributed by atoms with Crippen LogP contribution in [0, 0.1) is 15.9 Å². The molecule has 0 unspecified atom stereocenters. The lowest BCUT2D eigenvalue weighted by atomic mass is 10.1. The van der Waals surface area contributed by atoms with Gasteiger partial charge in [-0.2, -0.15) is 4.39 Å². The highest BCUT2D eigenvalue weighted by atomic mass is 19.1. The molecule has 110 valence electrons. The summed E-state index contributed by atoms with van der Waals surface area (Å²) in [4.78, 5) is 9.81. The number of benzene rings is 2. The first-order valence-electron chi connectivity index (χ1n) is 6.81. The van der Waals surface area contributed by atoms with Crippen molar-refractivity contribution in [2.45, 2.75) is 26.4 Å². The molecule has 0 fully saturated rings. The van der Waals surface area contributed by atoms with Gasteiger partial charge >= 0.3 is 5.69 Å². The van der Waals surface area contributed by atoms with E-state index in [4.69, 9.17) is 0 Å². The highest BCUT2D eigenvalue weighted by molar-refractivity contribution is 5.35. The normalized spacial score (nSPS) is 10.6. The smallest absolute Gasteiger partial charge is 0.304 e. The van der Waals surface area contributed by atoms with E-state index in [1.54, 1.807) is 6.07 Å². The third-order valence-corrected chi connectivity index (χ3v) is 3.30. The van der Waals surface area contributed by atoms with Gasteiger partial charge in [-0.25, -0.2) is 0 Å². The van der Waals surface area contributed by atoms with Gasteiger partial charge in [0.2, 0.25) is 5.82 Å². The second kappa shape index (κ2) is 6.95. The zero-order valence-corrected chi connectivity index (χ0v) is 11.8.